The number of nitrogens with zero attached hydrogens (tertiary/aromatic N) is 3. The van der Waals surface area contributed by atoms with Crippen molar-refractivity contribution in [2.24, 2.45) is 4.99 Å². The second-order valence-electron chi connectivity index (χ2n) is 5.50. The number of aliphatic hydroxyl groups is 1. The van der Waals surface area contributed by atoms with E-state index in [4.69, 9.17) is 0 Å². The van der Waals surface area contributed by atoms with Gasteiger partial charge >= 0.3 is 0 Å². The van der Waals surface area contributed by atoms with Gasteiger partial charge in [0.25, 0.3) is 0 Å². The highest BCUT2D eigenvalue weighted by atomic mass is 19.1. The van der Waals surface area contributed by atoms with Gasteiger partial charge in [-0.2, -0.15) is 10.4 Å². The number of aliphatic imine (C=N–C) groups is 1. The molecule has 0 bridgehead atoms. The molecule has 0 saturated carbocycles. The molecule has 0 fully saturated rings. The minimum atomic E-state index is -0.433. The van der Waals surface area contributed by atoms with Gasteiger partial charge in [-0.05, 0) is 18.2 Å². The van der Waals surface area contributed by atoms with E-state index in [1.165, 1.54) is 6.07 Å². The predicted molar refractivity (Wildman–Crippen MR) is 91.6 cm³/mol. The number of halogens is 1. The van der Waals surface area contributed by atoms with Gasteiger partial charge in [-0.1, -0.05) is 12.1 Å². The summed E-state index contributed by atoms with van der Waals surface area (Å²) in [5.41, 5.74) is 3.16. The van der Waals surface area contributed by atoms with Gasteiger partial charge in [0.2, 0.25) is 0 Å². The number of hydrogen-bond donors (Lipinski definition) is 3. The summed E-state index contributed by atoms with van der Waals surface area (Å²) in [7, 11) is 0. The van der Waals surface area contributed by atoms with Gasteiger partial charge in [0.15, 0.2) is 0 Å². The first-order valence-electron chi connectivity index (χ1n) is 7.53. The lowest BCUT2D eigenvalue weighted by atomic mass is 9.96. The van der Waals surface area contributed by atoms with Gasteiger partial charge in [0, 0.05) is 22.7 Å². The van der Waals surface area contributed by atoms with E-state index in [1.807, 2.05) is 0 Å². The maximum atomic E-state index is 14.4. The Labute approximate surface area is 141 Å². The molecule has 1 aliphatic heterocycles. The number of aromatic amines is 1. The summed E-state index contributed by atoms with van der Waals surface area (Å²) in [6, 6.07) is 10.0. The lowest BCUT2D eigenvalue weighted by Crippen LogP contribution is -2.08. The van der Waals surface area contributed by atoms with Crippen LogP contribution in [-0.2, 0) is 0 Å². The number of aliphatic hydroxyl groups excluding tert-OH is 1. The third-order valence-electron chi connectivity index (χ3n) is 4.04. The minimum Gasteiger partial charge on any atom is -0.390 e. The van der Waals surface area contributed by atoms with Crippen LogP contribution >= 0.6 is 0 Å². The number of nitriles is 1. The molecule has 0 saturated heterocycles. The van der Waals surface area contributed by atoms with E-state index in [0.29, 0.717) is 44.7 Å². The molecule has 3 N–H and O–H groups in total. The van der Waals surface area contributed by atoms with Crippen LogP contribution in [0.4, 0.5) is 10.1 Å². The van der Waals surface area contributed by atoms with Crippen molar-refractivity contribution >= 4 is 22.3 Å². The lowest BCUT2D eigenvalue weighted by Gasteiger charge is -2.13. The fraction of sp³-hybridized carbons (Fsp3) is 0.0556. The molecular formula is C18H12FN5O. The normalized spacial score (nSPS) is 13.3. The fourth-order valence-electron chi connectivity index (χ4n) is 2.88. The van der Waals surface area contributed by atoms with Crippen molar-refractivity contribution in [3.05, 3.63) is 70.9 Å². The molecule has 6 nitrogen and oxygen atoms in total. The smallest absolute Gasteiger partial charge is 0.132 e. The van der Waals surface area contributed by atoms with E-state index in [2.05, 4.69) is 26.6 Å². The molecule has 1 aliphatic rings. The summed E-state index contributed by atoms with van der Waals surface area (Å²) in [6.07, 6.45) is 3.16. The Kier molecular flexibility index (Phi) is 3.52. The van der Waals surface area contributed by atoms with Gasteiger partial charge in [0.05, 0.1) is 41.0 Å². The van der Waals surface area contributed by atoms with Crippen LogP contribution in [0, 0.1) is 17.1 Å². The van der Waals surface area contributed by atoms with Gasteiger partial charge in [-0.3, -0.25) is 5.10 Å². The van der Waals surface area contributed by atoms with Crippen LogP contribution in [0.5, 0.6) is 0 Å². The summed E-state index contributed by atoms with van der Waals surface area (Å²) < 4.78 is 14.4. The average molecular weight is 333 g/mol. The molecule has 1 aromatic heterocycles. The molecule has 0 amide bonds. The fourth-order valence-corrected chi connectivity index (χ4v) is 2.88. The number of rotatable bonds is 2. The Balaban J connectivity index is 2.08. The molecule has 0 radical (unpaired) electrons. The van der Waals surface area contributed by atoms with E-state index in [-0.39, 0.29) is 6.61 Å². The van der Waals surface area contributed by atoms with Crippen molar-refractivity contribution in [3.63, 3.8) is 0 Å². The SMILES string of the molecule is N#Cc1cc2c(c3cn[nH]c13)NC=C(CO)N=C2c1ccccc1F. The zero-order chi connectivity index (χ0) is 17.4. The zero-order valence-corrected chi connectivity index (χ0v) is 12.9. The molecule has 7 heteroatoms. The maximum absolute atomic E-state index is 14.4. The van der Waals surface area contributed by atoms with Crippen LogP contribution in [0.3, 0.4) is 0 Å². The molecule has 122 valence electrons. The minimum absolute atomic E-state index is 0.290. The Morgan fingerprint density at radius 3 is 2.84 bits per heavy atom. The number of hydrogen-bond acceptors (Lipinski definition) is 5. The van der Waals surface area contributed by atoms with E-state index < -0.39 is 5.82 Å². The highest BCUT2D eigenvalue weighted by Crippen LogP contribution is 2.33. The quantitative estimate of drug-likeness (QED) is 0.671. The number of nitrogens with one attached hydrogen (secondary N) is 2. The van der Waals surface area contributed by atoms with Crippen LogP contribution in [-0.4, -0.2) is 27.6 Å². The topological polar surface area (TPSA) is 97.1 Å². The van der Waals surface area contributed by atoms with E-state index >= 15 is 0 Å². The number of benzene rings is 2. The molecule has 0 aliphatic carbocycles. The number of anilines is 1. The third-order valence-corrected chi connectivity index (χ3v) is 4.04. The Hall–Kier alpha value is -3.50. The summed E-state index contributed by atoms with van der Waals surface area (Å²) >= 11 is 0. The van der Waals surface area contributed by atoms with E-state index in [0.717, 1.165) is 0 Å². The van der Waals surface area contributed by atoms with Crippen molar-refractivity contribution < 1.29 is 9.50 Å². The third kappa shape index (κ3) is 2.36. The number of aromatic nitrogens is 2. The molecule has 0 unspecified atom stereocenters. The molecule has 2 heterocycles. The Morgan fingerprint density at radius 1 is 1.24 bits per heavy atom. The Morgan fingerprint density at radius 2 is 2.08 bits per heavy atom. The van der Waals surface area contributed by atoms with Crippen LogP contribution in [0.25, 0.3) is 10.9 Å². The second-order valence-corrected chi connectivity index (χ2v) is 5.50. The molecule has 2 aromatic carbocycles. The first-order chi connectivity index (χ1) is 12.2. The van der Waals surface area contributed by atoms with Crippen LogP contribution in [0.15, 0.2) is 53.4 Å². The first kappa shape index (κ1) is 15.1. The van der Waals surface area contributed by atoms with Gasteiger partial charge < -0.3 is 10.4 Å². The molecule has 25 heavy (non-hydrogen) atoms. The largest absolute Gasteiger partial charge is 0.390 e. The van der Waals surface area contributed by atoms with Gasteiger partial charge in [-0.25, -0.2) is 9.38 Å². The Bertz CT molecular complexity index is 1090. The van der Waals surface area contributed by atoms with Crippen molar-refractivity contribution in [2.75, 3.05) is 11.9 Å². The molecular weight excluding hydrogens is 321 g/mol. The van der Waals surface area contributed by atoms with E-state index in [1.54, 1.807) is 36.7 Å². The summed E-state index contributed by atoms with van der Waals surface area (Å²) in [4.78, 5) is 4.42. The summed E-state index contributed by atoms with van der Waals surface area (Å²) in [6.45, 7) is -0.307. The van der Waals surface area contributed by atoms with Gasteiger partial charge in [0.1, 0.15) is 11.9 Å². The number of H-pyrrole nitrogens is 1. The lowest BCUT2D eigenvalue weighted by molar-refractivity contribution is 0.330. The van der Waals surface area contributed by atoms with Crippen molar-refractivity contribution in [1.29, 1.82) is 5.26 Å². The second kappa shape index (κ2) is 5.85. The molecule has 4 rings (SSSR count). The average Bonchev–Trinajstić information content (AvgIpc) is 3.05. The van der Waals surface area contributed by atoms with Crippen molar-refractivity contribution in [2.45, 2.75) is 0 Å². The van der Waals surface area contributed by atoms with Crippen LogP contribution < -0.4 is 5.32 Å². The standard InChI is InChI=1S/C18H12FN5O/c19-15-4-2-1-3-12(15)18-13-5-10(6-20)16-14(8-22-24-16)17(13)21-7-11(9-25)23-18/h1-5,7-8,21,25H,9H2,(H,22,24). The van der Waals surface area contributed by atoms with Gasteiger partial charge in [-0.15, -0.1) is 0 Å². The predicted octanol–water partition coefficient (Wildman–Crippen LogP) is 2.67. The highest BCUT2D eigenvalue weighted by molar-refractivity contribution is 6.20. The highest BCUT2D eigenvalue weighted by Gasteiger charge is 2.22. The van der Waals surface area contributed by atoms with Crippen molar-refractivity contribution in [3.8, 4) is 6.07 Å². The van der Waals surface area contributed by atoms with Crippen molar-refractivity contribution in [1.82, 2.24) is 10.2 Å². The molecule has 3 aromatic rings. The van der Waals surface area contributed by atoms with E-state index in [9.17, 15) is 14.8 Å². The summed E-state index contributed by atoms with van der Waals surface area (Å²) in [5, 5.41) is 29.6. The monoisotopic (exact) mass is 333 g/mol. The number of fused-ring (bicyclic) bond motifs is 3. The first-order valence-corrected chi connectivity index (χ1v) is 7.53. The van der Waals surface area contributed by atoms with Crippen LogP contribution in [0.1, 0.15) is 16.7 Å². The van der Waals surface area contributed by atoms with Crippen LogP contribution in [0.2, 0.25) is 0 Å². The molecule has 0 atom stereocenters. The maximum Gasteiger partial charge on any atom is 0.132 e. The molecule has 0 spiro atoms. The zero-order valence-electron chi connectivity index (χ0n) is 12.9. The summed E-state index contributed by atoms with van der Waals surface area (Å²) in [5.74, 6) is -0.433.